The lowest BCUT2D eigenvalue weighted by Gasteiger charge is -2.22. The monoisotopic (exact) mass is 363 g/mol. The number of likely N-dealkylation sites (N-methyl/N-ethyl adjacent to an activating group) is 1. The fourth-order valence-corrected chi connectivity index (χ4v) is 2.47. The summed E-state index contributed by atoms with van der Waals surface area (Å²) in [6.45, 7) is 8.26. The Balaban J connectivity index is 2.55. The number of alkyl carbamates (subject to hydrolysis) is 1. The number of carbonyl (C=O) groups is 3. The first kappa shape index (κ1) is 21.6. The first-order valence-corrected chi connectivity index (χ1v) is 8.94. The van der Waals surface area contributed by atoms with Gasteiger partial charge in [0.1, 0.15) is 0 Å². The Hall–Kier alpha value is -2.41. The zero-order valence-corrected chi connectivity index (χ0v) is 16.0. The summed E-state index contributed by atoms with van der Waals surface area (Å²) in [5.74, 6) is -0.660. The largest absolute Gasteiger partial charge is 0.450 e. The number of rotatable bonds is 9. The van der Waals surface area contributed by atoms with Crippen LogP contribution < -0.4 is 10.6 Å². The quantitative estimate of drug-likeness (QED) is 0.702. The predicted molar refractivity (Wildman–Crippen MR) is 99.6 cm³/mol. The molecule has 0 aliphatic rings. The Morgan fingerprint density at radius 1 is 1.04 bits per heavy atom. The molecule has 26 heavy (non-hydrogen) atoms. The average Bonchev–Trinajstić information content (AvgIpc) is 2.60. The van der Waals surface area contributed by atoms with E-state index in [0.717, 1.165) is 12.0 Å². The topological polar surface area (TPSA) is 87.7 Å². The van der Waals surface area contributed by atoms with Crippen LogP contribution >= 0.6 is 0 Å². The first-order valence-electron chi connectivity index (χ1n) is 8.94. The van der Waals surface area contributed by atoms with Crippen molar-refractivity contribution in [2.45, 2.75) is 40.2 Å². The van der Waals surface area contributed by atoms with Crippen LogP contribution in [0.4, 0.5) is 4.79 Å². The van der Waals surface area contributed by atoms with Crippen LogP contribution in [0.3, 0.4) is 0 Å². The van der Waals surface area contributed by atoms with Crippen molar-refractivity contribution in [1.29, 1.82) is 0 Å². The molecule has 0 aliphatic heterocycles. The molecule has 0 fully saturated rings. The lowest BCUT2D eigenvalue weighted by atomic mass is 10.0. The van der Waals surface area contributed by atoms with E-state index < -0.39 is 12.0 Å². The lowest BCUT2D eigenvalue weighted by Crippen LogP contribution is -2.44. The molecule has 1 rings (SSSR count). The summed E-state index contributed by atoms with van der Waals surface area (Å²) in [4.78, 5) is 37.1. The number of ether oxygens (including phenoxy) is 1. The van der Waals surface area contributed by atoms with Crippen molar-refractivity contribution < 1.29 is 19.1 Å². The molecule has 0 unspecified atom stereocenters. The molecule has 0 radical (unpaired) electrons. The minimum absolute atomic E-state index is 0.0515. The number of nitrogens with one attached hydrogen (secondary N) is 2. The SMILES string of the molecule is CCOC(=O)NC(=O)CN(CC)CC(=O)N[C@@H](CC)c1ccc(C)cc1. The third kappa shape index (κ3) is 7.65. The molecule has 0 heterocycles. The number of carbonyl (C=O) groups excluding carboxylic acids is 3. The van der Waals surface area contributed by atoms with Crippen molar-refractivity contribution in [2.75, 3.05) is 26.2 Å². The summed E-state index contributed by atoms with van der Waals surface area (Å²) < 4.78 is 4.66. The predicted octanol–water partition coefficient (Wildman–Crippen LogP) is 2.16. The van der Waals surface area contributed by atoms with Crippen LogP contribution in [0.15, 0.2) is 24.3 Å². The van der Waals surface area contributed by atoms with Gasteiger partial charge in [0.25, 0.3) is 0 Å². The average molecular weight is 363 g/mol. The minimum atomic E-state index is -0.775. The number of imide groups is 1. The van der Waals surface area contributed by atoms with Gasteiger partial charge in [-0.25, -0.2) is 4.79 Å². The standard InChI is InChI=1S/C19H29N3O4/c1-5-16(15-10-8-14(4)9-11-15)20-17(23)12-22(6-2)13-18(24)21-19(25)26-7-3/h8-11,16H,5-7,12-13H2,1-4H3,(H,20,23)(H,21,24,25)/t16-/m0/s1. The number of hydrogen-bond donors (Lipinski definition) is 2. The Labute approximate surface area is 155 Å². The van der Waals surface area contributed by atoms with E-state index in [0.29, 0.717) is 6.54 Å². The highest BCUT2D eigenvalue weighted by Crippen LogP contribution is 2.17. The molecule has 7 heteroatoms. The molecule has 0 saturated carbocycles. The Morgan fingerprint density at radius 3 is 2.19 bits per heavy atom. The Bertz CT molecular complexity index is 601. The summed E-state index contributed by atoms with van der Waals surface area (Å²) in [6.07, 6.45) is -0.00648. The van der Waals surface area contributed by atoms with Crippen molar-refractivity contribution in [3.8, 4) is 0 Å². The molecule has 0 aromatic heterocycles. The molecule has 3 amide bonds. The van der Waals surface area contributed by atoms with Crippen LogP contribution in [0.25, 0.3) is 0 Å². The van der Waals surface area contributed by atoms with Gasteiger partial charge >= 0.3 is 6.09 Å². The van der Waals surface area contributed by atoms with Crippen LogP contribution in [-0.4, -0.2) is 49.0 Å². The van der Waals surface area contributed by atoms with Crippen LogP contribution in [-0.2, 0) is 14.3 Å². The van der Waals surface area contributed by atoms with Gasteiger partial charge in [0.15, 0.2) is 0 Å². The van der Waals surface area contributed by atoms with Crippen molar-refractivity contribution in [3.05, 3.63) is 35.4 Å². The van der Waals surface area contributed by atoms with E-state index in [2.05, 4.69) is 15.4 Å². The van der Waals surface area contributed by atoms with E-state index in [4.69, 9.17) is 0 Å². The maximum atomic E-state index is 12.4. The Kier molecular flexibility index (Phi) is 9.36. The number of aryl methyl sites for hydroxylation is 1. The van der Waals surface area contributed by atoms with E-state index in [1.165, 1.54) is 5.56 Å². The maximum absolute atomic E-state index is 12.4. The molecule has 7 nitrogen and oxygen atoms in total. The third-order valence-electron chi connectivity index (χ3n) is 3.92. The molecule has 1 atom stereocenters. The van der Waals surface area contributed by atoms with E-state index in [-0.39, 0.29) is 31.6 Å². The highest BCUT2D eigenvalue weighted by molar-refractivity contribution is 5.93. The van der Waals surface area contributed by atoms with Gasteiger partial charge in [0, 0.05) is 0 Å². The smallest absolute Gasteiger partial charge is 0.413 e. The normalized spacial score (nSPS) is 11.7. The summed E-state index contributed by atoms with van der Waals surface area (Å²) in [5.41, 5.74) is 2.22. The van der Waals surface area contributed by atoms with Crippen LogP contribution in [0.5, 0.6) is 0 Å². The zero-order valence-electron chi connectivity index (χ0n) is 16.0. The number of hydrogen-bond acceptors (Lipinski definition) is 5. The third-order valence-corrected chi connectivity index (χ3v) is 3.92. The van der Waals surface area contributed by atoms with Crippen LogP contribution in [0.2, 0.25) is 0 Å². The van der Waals surface area contributed by atoms with Gasteiger partial charge < -0.3 is 10.1 Å². The molecule has 0 bridgehead atoms. The lowest BCUT2D eigenvalue weighted by molar-refractivity contribution is -0.125. The number of nitrogens with zero attached hydrogens (tertiary/aromatic N) is 1. The summed E-state index contributed by atoms with van der Waals surface area (Å²) >= 11 is 0. The molecule has 1 aromatic rings. The summed E-state index contributed by atoms with van der Waals surface area (Å²) in [6, 6.07) is 7.97. The van der Waals surface area contributed by atoms with Crippen molar-refractivity contribution in [3.63, 3.8) is 0 Å². The second-order valence-corrected chi connectivity index (χ2v) is 6.01. The minimum Gasteiger partial charge on any atom is -0.450 e. The van der Waals surface area contributed by atoms with Gasteiger partial charge in [-0.3, -0.25) is 19.8 Å². The molecule has 0 aliphatic carbocycles. The molecule has 2 N–H and O–H groups in total. The van der Waals surface area contributed by atoms with Gasteiger partial charge in [0.2, 0.25) is 11.8 Å². The van der Waals surface area contributed by atoms with Crippen molar-refractivity contribution >= 4 is 17.9 Å². The molecular weight excluding hydrogens is 334 g/mol. The van der Waals surface area contributed by atoms with E-state index in [1.54, 1.807) is 11.8 Å². The zero-order chi connectivity index (χ0) is 19.5. The second-order valence-electron chi connectivity index (χ2n) is 6.01. The maximum Gasteiger partial charge on any atom is 0.413 e. The van der Waals surface area contributed by atoms with Gasteiger partial charge in [-0.15, -0.1) is 0 Å². The van der Waals surface area contributed by atoms with Crippen molar-refractivity contribution in [1.82, 2.24) is 15.5 Å². The highest BCUT2D eigenvalue weighted by Gasteiger charge is 2.18. The molecule has 144 valence electrons. The Morgan fingerprint density at radius 2 is 1.65 bits per heavy atom. The van der Waals surface area contributed by atoms with Crippen LogP contribution in [0, 0.1) is 6.92 Å². The van der Waals surface area contributed by atoms with Gasteiger partial charge in [0.05, 0.1) is 25.7 Å². The van der Waals surface area contributed by atoms with Crippen molar-refractivity contribution in [2.24, 2.45) is 0 Å². The molecular formula is C19H29N3O4. The summed E-state index contributed by atoms with van der Waals surface area (Å²) in [5, 5.41) is 5.13. The number of amides is 3. The molecule has 0 spiro atoms. The molecule has 1 aromatic carbocycles. The van der Waals surface area contributed by atoms with Gasteiger partial charge in [-0.05, 0) is 32.4 Å². The van der Waals surface area contributed by atoms with Gasteiger partial charge in [-0.2, -0.15) is 0 Å². The van der Waals surface area contributed by atoms with E-state index in [1.807, 2.05) is 45.0 Å². The van der Waals surface area contributed by atoms with Gasteiger partial charge in [-0.1, -0.05) is 43.7 Å². The summed E-state index contributed by atoms with van der Waals surface area (Å²) in [7, 11) is 0. The van der Waals surface area contributed by atoms with E-state index in [9.17, 15) is 14.4 Å². The van der Waals surface area contributed by atoms with E-state index >= 15 is 0 Å². The first-order chi connectivity index (χ1) is 12.4. The highest BCUT2D eigenvalue weighted by atomic mass is 16.5. The van der Waals surface area contributed by atoms with Crippen LogP contribution in [0.1, 0.15) is 44.4 Å². The fourth-order valence-electron chi connectivity index (χ4n) is 2.47. The molecule has 0 saturated heterocycles. The second kappa shape index (κ2) is 11.3. The fraction of sp³-hybridized carbons (Fsp3) is 0.526. The number of benzene rings is 1.